The van der Waals surface area contributed by atoms with E-state index in [4.69, 9.17) is 4.52 Å². The van der Waals surface area contributed by atoms with Crippen molar-refractivity contribution in [2.24, 2.45) is 0 Å². The molecule has 0 saturated carbocycles. The lowest BCUT2D eigenvalue weighted by atomic mass is 10.0. The second kappa shape index (κ2) is 5.92. The highest BCUT2D eigenvalue weighted by atomic mass is 32.2. The first-order valence-corrected chi connectivity index (χ1v) is 8.67. The first kappa shape index (κ1) is 16.2. The van der Waals surface area contributed by atoms with E-state index in [1.165, 1.54) is 12.1 Å². The zero-order valence-corrected chi connectivity index (χ0v) is 13.7. The number of sulfone groups is 1. The lowest BCUT2D eigenvalue weighted by molar-refractivity contribution is 0.102. The van der Waals surface area contributed by atoms with Gasteiger partial charge in [-0.25, -0.2) is 8.42 Å². The van der Waals surface area contributed by atoms with Gasteiger partial charge in [0.1, 0.15) is 5.56 Å². The van der Waals surface area contributed by atoms with Crippen molar-refractivity contribution in [3.05, 3.63) is 41.3 Å². The van der Waals surface area contributed by atoms with Gasteiger partial charge in [-0.15, -0.1) is 0 Å². The Balaban J connectivity index is 2.32. The maximum absolute atomic E-state index is 12.4. The third kappa shape index (κ3) is 3.36. The Morgan fingerprint density at radius 1 is 1.32 bits per heavy atom. The Bertz CT molecular complexity index is 807. The summed E-state index contributed by atoms with van der Waals surface area (Å²) in [6.45, 7) is 5.50. The van der Waals surface area contributed by atoms with Gasteiger partial charge in [0.05, 0.1) is 10.6 Å². The molecule has 118 valence electrons. The molecule has 1 aromatic carbocycles. The molecule has 2 aromatic rings. The molecule has 0 aliphatic heterocycles. The first-order valence-electron chi connectivity index (χ1n) is 6.77. The van der Waals surface area contributed by atoms with Crippen molar-refractivity contribution < 1.29 is 17.7 Å². The van der Waals surface area contributed by atoms with Crippen molar-refractivity contribution in [2.45, 2.75) is 31.6 Å². The molecule has 0 radical (unpaired) electrons. The van der Waals surface area contributed by atoms with E-state index in [1.807, 2.05) is 13.8 Å². The van der Waals surface area contributed by atoms with Gasteiger partial charge in [0.2, 0.25) is 0 Å². The maximum atomic E-state index is 12.4. The molecule has 22 heavy (non-hydrogen) atoms. The van der Waals surface area contributed by atoms with Gasteiger partial charge in [-0.05, 0) is 25.1 Å². The molecule has 1 aromatic heterocycles. The van der Waals surface area contributed by atoms with Crippen LogP contribution in [0.1, 0.15) is 41.6 Å². The number of amides is 1. The summed E-state index contributed by atoms with van der Waals surface area (Å²) in [7, 11) is -3.33. The summed E-state index contributed by atoms with van der Waals surface area (Å²) >= 11 is 0. The number of benzene rings is 1. The van der Waals surface area contributed by atoms with Crippen LogP contribution in [-0.2, 0) is 9.84 Å². The molecule has 0 fully saturated rings. The van der Waals surface area contributed by atoms with Crippen LogP contribution in [0, 0.1) is 6.92 Å². The van der Waals surface area contributed by atoms with Crippen LogP contribution in [0.15, 0.2) is 33.7 Å². The van der Waals surface area contributed by atoms with E-state index in [0.29, 0.717) is 22.7 Å². The molecular formula is C15H18N2O4S. The van der Waals surface area contributed by atoms with Gasteiger partial charge in [0.15, 0.2) is 15.6 Å². The number of rotatable bonds is 4. The highest BCUT2D eigenvalue weighted by Gasteiger charge is 2.22. The lowest BCUT2D eigenvalue weighted by Gasteiger charge is -2.08. The summed E-state index contributed by atoms with van der Waals surface area (Å²) in [5.74, 6) is 0.159. The average molecular weight is 322 g/mol. The monoisotopic (exact) mass is 322 g/mol. The molecule has 6 nitrogen and oxygen atoms in total. The van der Waals surface area contributed by atoms with Gasteiger partial charge in [-0.1, -0.05) is 25.1 Å². The summed E-state index contributed by atoms with van der Waals surface area (Å²) in [4.78, 5) is 12.6. The summed E-state index contributed by atoms with van der Waals surface area (Å²) in [6.07, 6.45) is 1.12. The summed E-state index contributed by atoms with van der Waals surface area (Å²) in [6, 6.07) is 6.11. The second-order valence-corrected chi connectivity index (χ2v) is 7.43. The zero-order chi connectivity index (χ0) is 16.5. The Hall–Kier alpha value is -2.15. The molecule has 0 bridgehead atoms. The highest BCUT2D eigenvalue weighted by molar-refractivity contribution is 7.90. The van der Waals surface area contributed by atoms with Crippen molar-refractivity contribution in [3.8, 4) is 0 Å². The molecule has 1 heterocycles. The van der Waals surface area contributed by atoms with Gasteiger partial charge >= 0.3 is 0 Å². The summed E-state index contributed by atoms with van der Waals surface area (Å²) in [5, 5.41) is 6.52. The molecule has 1 N–H and O–H groups in total. The molecule has 7 heteroatoms. The summed E-state index contributed by atoms with van der Waals surface area (Å²) < 4.78 is 28.3. The predicted molar refractivity (Wildman–Crippen MR) is 82.8 cm³/mol. The van der Waals surface area contributed by atoms with Crippen molar-refractivity contribution in [1.29, 1.82) is 0 Å². The number of carbonyl (C=O) groups is 1. The Morgan fingerprint density at radius 3 is 2.59 bits per heavy atom. The fraction of sp³-hybridized carbons (Fsp3) is 0.333. The van der Waals surface area contributed by atoms with Crippen LogP contribution in [0.25, 0.3) is 0 Å². The number of carbonyl (C=O) groups excluding carboxylic acids is 1. The lowest BCUT2D eigenvalue weighted by Crippen LogP contribution is -2.15. The van der Waals surface area contributed by atoms with E-state index < -0.39 is 9.84 Å². The average Bonchev–Trinajstić information content (AvgIpc) is 2.80. The quantitative estimate of drug-likeness (QED) is 0.935. The van der Waals surface area contributed by atoms with Gasteiger partial charge in [-0.2, -0.15) is 0 Å². The van der Waals surface area contributed by atoms with Crippen molar-refractivity contribution in [3.63, 3.8) is 0 Å². The van der Waals surface area contributed by atoms with Crippen LogP contribution in [0.3, 0.4) is 0 Å². The van der Waals surface area contributed by atoms with E-state index in [9.17, 15) is 13.2 Å². The molecule has 0 atom stereocenters. The van der Waals surface area contributed by atoms with Crippen LogP contribution < -0.4 is 5.32 Å². The van der Waals surface area contributed by atoms with E-state index >= 15 is 0 Å². The van der Waals surface area contributed by atoms with E-state index in [0.717, 1.165) is 6.26 Å². The number of aryl methyl sites for hydroxylation is 1. The third-order valence-electron chi connectivity index (χ3n) is 3.16. The van der Waals surface area contributed by atoms with Gasteiger partial charge < -0.3 is 9.84 Å². The number of hydrogen-bond acceptors (Lipinski definition) is 5. The highest BCUT2D eigenvalue weighted by Crippen LogP contribution is 2.24. The second-order valence-electron chi connectivity index (χ2n) is 5.42. The predicted octanol–water partition coefficient (Wildman–Crippen LogP) is 2.76. The van der Waals surface area contributed by atoms with Crippen LogP contribution in [-0.4, -0.2) is 25.7 Å². The minimum absolute atomic E-state index is 0.0179. The normalized spacial score (nSPS) is 11.7. The molecular weight excluding hydrogens is 304 g/mol. The minimum Gasteiger partial charge on any atom is -0.360 e. The Labute approximate surface area is 129 Å². The molecule has 1 amide bonds. The molecule has 0 unspecified atom stereocenters. The molecule has 0 aliphatic carbocycles. The van der Waals surface area contributed by atoms with E-state index in [2.05, 4.69) is 10.5 Å². The topological polar surface area (TPSA) is 89.3 Å². The molecule has 0 aliphatic rings. The maximum Gasteiger partial charge on any atom is 0.261 e. The smallest absolute Gasteiger partial charge is 0.261 e. The van der Waals surface area contributed by atoms with E-state index in [-0.39, 0.29) is 16.7 Å². The first-order chi connectivity index (χ1) is 10.2. The van der Waals surface area contributed by atoms with Crippen molar-refractivity contribution in [1.82, 2.24) is 5.16 Å². The summed E-state index contributed by atoms with van der Waals surface area (Å²) in [5.41, 5.74) is 1.29. The third-order valence-corrected chi connectivity index (χ3v) is 4.27. The van der Waals surface area contributed by atoms with Gasteiger partial charge in [-0.3, -0.25) is 4.79 Å². The largest absolute Gasteiger partial charge is 0.360 e. The van der Waals surface area contributed by atoms with Crippen LogP contribution in [0.2, 0.25) is 0 Å². The SMILES string of the molecule is Cc1noc(C(C)C)c1C(=O)Nc1cccc(S(C)(=O)=O)c1. The number of hydrogen-bond donors (Lipinski definition) is 1. The fourth-order valence-electron chi connectivity index (χ4n) is 2.06. The standard InChI is InChI=1S/C15H18N2O4S/c1-9(2)14-13(10(3)17-21-14)15(18)16-11-6-5-7-12(8-11)22(4,19)20/h5-9H,1-4H3,(H,16,18). The number of nitrogens with zero attached hydrogens (tertiary/aromatic N) is 1. The Kier molecular flexibility index (Phi) is 4.37. The zero-order valence-electron chi connectivity index (χ0n) is 12.9. The fourth-order valence-corrected chi connectivity index (χ4v) is 2.72. The Morgan fingerprint density at radius 2 is 2.00 bits per heavy atom. The minimum atomic E-state index is -3.33. The van der Waals surface area contributed by atoms with Crippen LogP contribution in [0.4, 0.5) is 5.69 Å². The van der Waals surface area contributed by atoms with Crippen molar-refractivity contribution >= 4 is 21.4 Å². The number of anilines is 1. The van der Waals surface area contributed by atoms with Crippen LogP contribution in [0.5, 0.6) is 0 Å². The van der Waals surface area contributed by atoms with Crippen LogP contribution >= 0.6 is 0 Å². The van der Waals surface area contributed by atoms with Gasteiger partial charge in [0.25, 0.3) is 5.91 Å². The van der Waals surface area contributed by atoms with E-state index in [1.54, 1.807) is 19.1 Å². The van der Waals surface area contributed by atoms with Gasteiger partial charge in [0, 0.05) is 17.9 Å². The molecule has 2 rings (SSSR count). The molecule has 0 saturated heterocycles. The number of aromatic nitrogens is 1. The molecule has 0 spiro atoms. The number of nitrogens with one attached hydrogen (secondary N) is 1. The van der Waals surface area contributed by atoms with Crippen molar-refractivity contribution in [2.75, 3.05) is 11.6 Å².